The van der Waals surface area contributed by atoms with Gasteiger partial charge in [-0.05, 0) is 30.4 Å². The predicted octanol–water partition coefficient (Wildman–Crippen LogP) is 1.63. The molecule has 1 atom stereocenters. The number of hydrogen-bond acceptors (Lipinski definition) is 4. The number of thiocarbonyl (C=S) groups is 1. The quantitative estimate of drug-likeness (QED) is 0.611. The van der Waals surface area contributed by atoms with E-state index in [-0.39, 0.29) is 11.9 Å². The van der Waals surface area contributed by atoms with Crippen LogP contribution in [0.1, 0.15) is 0 Å². The lowest BCUT2D eigenvalue weighted by molar-refractivity contribution is 0.286. The Morgan fingerprint density at radius 2 is 2.11 bits per heavy atom. The Balaban J connectivity index is 1.99. The second kappa shape index (κ2) is 5.71. The predicted molar refractivity (Wildman–Crippen MR) is 77.7 cm³/mol. The van der Waals surface area contributed by atoms with Crippen molar-refractivity contribution in [1.29, 1.82) is 0 Å². The van der Waals surface area contributed by atoms with Crippen molar-refractivity contribution in [1.82, 2.24) is 4.90 Å². The van der Waals surface area contributed by atoms with Gasteiger partial charge in [0.15, 0.2) is 9.84 Å². The molecule has 4 nitrogen and oxygen atoms in total. The van der Waals surface area contributed by atoms with Gasteiger partial charge in [0.2, 0.25) is 0 Å². The number of rotatable bonds is 5. The zero-order valence-electron chi connectivity index (χ0n) is 10.4. The minimum atomic E-state index is -3.28. The highest BCUT2D eigenvalue weighted by molar-refractivity contribution is 7.91. The second-order valence-electron chi connectivity index (χ2n) is 4.24. The maximum absolute atomic E-state index is 12.1. The highest BCUT2D eigenvalue weighted by Crippen LogP contribution is 2.15. The number of hydrogen-bond donors (Lipinski definition) is 0. The van der Waals surface area contributed by atoms with Gasteiger partial charge < -0.3 is 9.64 Å². The first kappa shape index (κ1) is 14.0. The van der Waals surface area contributed by atoms with Crippen LogP contribution in [0.3, 0.4) is 0 Å². The summed E-state index contributed by atoms with van der Waals surface area (Å²) >= 11 is 5.05. The van der Waals surface area contributed by atoms with Crippen molar-refractivity contribution < 1.29 is 13.2 Å². The summed E-state index contributed by atoms with van der Waals surface area (Å²) in [4.78, 5) is 2.09. The maximum atomic E-state index is 12.1. The van der Waals surface area contributed by atoms with Crippen LogP contribution in [0, 0.1) is 0 Å². The van der Waals surface area contributed by atoms with E-state index in [4.69, 9.17) is 17.0 Å². The van der Waals surface area contributed by atoms with Gasteiger partial charge in [0, 0.05) is 6.54 Å². The molecule has 0 N–H and O–H groups in total. The molecule has 1 fully saturated rings. The summed E-state index contributed by atoms with van der Waals surface area (Å²) in [6, 6.07) is 8.41. The van der Waals surface area contributed by atoms with E-state index in [1.807, 2.05) is 0 Å². The molecular weight excluding hydrogens is 282 g/mol. The Kier molecular flexibility index (Phi) is 4.21. The largest absolute Gasteiger partial charge is 0.461 e. The van der Waals surface area contributed by atoms with Crippen molar-refractivity contribution in [3.05, 3.63) is 43.0 Å². The third-order valence-electron chi connectivity index (χ3n) is 2.91. The van der Waals surface area contributed by atoms with Crippen LogP contribution in [-0.2, 0) is 14.6 Å². The third-order valence-corrected chi connectivity index (χ3v) is 4.97. The highest BCUT2D eigenvalue weighted by atomic mass is 32.2. The minimum Gasteiger partial charge on any atom is -0.461 e. The van der Waals surface area contributed by atoms with Gasteiger partial charge in [-0.15, -0.1) is 0 Å². The molecule has 19 heavy (non-hydrogen) atoms. The van der Waals surface area contributed by atoms with Crippen LogP contribution >= 0.6 is 12.2 Å². The van der Waals surface area contributed by atoms with E-state index in [2.05, 4.69) is 6.58 Å². The highest BCUT2D eigenvalue weighted by Gasteiger charge is 2.27. The van der Waals surface area contributed by atoms with Gasteiger partial charge in [-0.3, -0.25) is 0 Å². The van der Waals surface area contributed by atoms with Crippen molar-refractivity contribution in [3.63, 3.8) is 0 Å². The van der Waals surface area contributed by atoms with Crippen LogP contribution in [0.2, 0.25) is 0 Å². The third kappa shape index (κ3) is 3.33. The summed E-state index contributed by atoms with van der Waals surface area (Å²) in [7, 11) is -3.28. The fourth-order valence-corrected chi connectivity index (χ4v) is 3.37. The van der Waals surface area contributed by atoms with E-state index in [1.54, 1.807) is 41.3 Å². The zero-order chi connectivity index (χ0) is 13.9. The first-order valence-electron chi connectivity index (χ1n) is 5.89. The molecule has 1 heterocycles. The number of sulfone groups is 1. The second-order valence-corrected chi connectivity index (χ2v) is 6.69. The maximum Gasteiger partial charge on any atom is 0.260 e. The van der Waals surface area contributed by atoms with Gasteiger partial charge in [-0.2, -0.15) is 0 Å². The summed E-state index contributed by atoms with van der Waals surface area (Å²) in [6.07, 6.45) is 1.52. The molecule has 2 rings (SSSR count). The molecule has 0 unspecified atom stereocenters. The summed E-state index contributed by atoms with van der Waals surface area (Å²) in [5.74, 6) is 0.0182. The molecule has 1 aromatic rings. The fraction of sp³-hybridized carbons (Fsp3) is 0.308. The monoisotopic (exact) mass is 297 g/mol. The number of nitrogens with zero attached hydrogens (tertiary/aromatic N) is 1. The molecule has 0 bridgehead atoms. The summed E-state index contributed by atoms with van der Waals surface area (Å²) in [6.45, 7) is 4.53. The summed E-state index contributed by atoms with van der Waals surface area (Å²) in [5, 5.41) is 0.341. The topological polar surface area (TPSA) is 46.6 Å². The van der Waals surface area contributed by atoms with Gasteiger partial charge in [-0.25, -0.2) is 8.42 Å². The standard InChI is InChI=1S/C13H15NO3S2/c1-2-11-10-14(13(18)17-11)8-9-19(15,16)12-6-4-3-5-7-12/h2-7,11H,1,8-10H2/t11-/m1/s1. The number of benzene rings is 1. The van der Waals surface area contributed by atoms with Crippen LogP contribution < -0.4 is 0 Å². The SMILES string of the molecule is C=C[C@@H]1CN(CCS(=O)(=O)c2ccccc2)C(=S)O1. The molecule has 0 radical (unpaired) electrons. The van der Waals surface area contributed by atoms with Gasteiger partial charge >= 0.3 is 0 Å². The van der Waals surface area contributed by atoms with E-state index in [9.17, 15) is 8.42 Å². The van der Waals surface area contributed by atoms with Gasteiger partial charge in [0.05, 0.1) is 17.2 Å². The Morgan fingerprint density at radius 1 is 1.42 bits per heavy atom. The van der Waals surface area contributed by atoms with Crippen LogP contribution in [-0.4, -0.2) is 43.4 Å². The van der Waals surface area contributed by atoms with Gasteiger partial charge in [0.25, 0.3) is 5.17 Å². The molecule has 0 spiro atoms. The summed E-state index contributed by atoms with van der Waals surface area (Å²) in [5.41, 5.74) is 0. The molecule has 1 aliphatic heterocycles. The van der Waals surface area contributed by atoms with Crippen molar-refractivity contribution in [2.45, 2.75) is 11.0 Å². The van der Waals surface area contributed by atoms with E-state index in [1.165, 1.54) is 0 Å². The number of ether oxygens (including phenoxy) is 1. The van der Waals surface area contributed by atoms with Gasteiger partial charge in [0.1, 0.15) is 6.10 Å². The molecule has 6 heteroatoms. The van der Waals surface area contributed by atoms with E-state index < -0.39 is 9.84 Å². The molecular formula is C13H15NO3S2. The molecule has 0 aromatic heterocycles. The zero-order valence-corrected chi connectivity index (χ0v) is 12.0. The Labute approximate surface area is 118 Å². The van der Waals surface area contributed by atoms with E-state index in [0.29, 0.717) is 23.2 Å². The lowest BCUT2D eigenvalue weighted by Crippen LogP contribution is -2.30. The normalized spacial score (nSPS) is 19.3. The van der Waals surface area contributed by atoms with E-state index in [0.717, 1.165) is 0 Å². The van der Waals surface area contributed by atoms with Crippen LogP contribution in [0.4, 0.5) is 0 Å². The molecule has 102 valence electrons. The van der Waals surface area contributed by atoms with Crippen molar-refractivity contribution in [2.75, 3.05) is 18.8 Å². The van der Waals surface area contributed by atoms with Crippen LogP contribution in [0.15, 0.2) is 47.9 Å². The van der Waals surface area contributed by atoms with Gasteiger partial charge in [-0.1, -0.05) is 24.8 Å². The molecule has 1 aliphatic rings. The average Bonchev–Trinajstić information content (AvgIpc) is 2.78. The Hall–Kier alpha value is -1.40. The summed E-state index contributed by atoms with van der Waals surface area (Å²) < 4.78 is 29.6. The molecule has 0 aliphatic carbocycles. The van der Waals surface area contributed by atoms with Crippen molar-refractivity contribution >= 4 is 27.2 Å². The minimum absolute atomic E-state index is 0.0182. The smallest absolute Gasteiger partial charge is 0.260 e. The Morgan fingerprint density at radius 3 is 2.68 bits per heavy atom. The van der Waals surface area contributed by atoms with Crippen molar-refractivity contribution in [3.8, 4) is 0 Å². The van der Waals surface area contributed by atoms with Crippen LogP contribution in [0.5, 0.6) is 0 Å². The molecule has 1 saturated heterocycles. The molecule has 0 saturated carbocycles. The van der Waals surface area contributed by atoms with Crippen LogP contribution in [0.25, 0.3) is 0 Å². The first-order valence-corrected chi connectivity index (χ1v) is 7.95. The lowest BCUT2D eigenvalue weighted by atomic mass is 10.3. The molecule has 1 aromatic carbocycles. The Bertz CT molecular complexity index is 569. The first-order chi connectivity index (χ1) is 9.03. The average molecular weight is 297 g/mol. The molecule has 0 amide bonds. The van der Waals surface area contributed by atoms with E-state index >= 15 is 0 Å². The van der Waals surface area contributed by atoms with Crippen molar-refractivity contribution in [2.24, 2.45) is 0 Å². The fourth-order valence-electron chi connectivity index (χ4n) is 1.81. The lowest BCUT2D eigenvalue weighted by Gasteiger charge is -2.14.